The number of nitrogens with zero attached hydrogens (tertiary/aromatic N) is 1. The number of halogens is 2. The maximum absolute atomic E-state index is 12.8. The Hall–Kier alpha value is -1.55. The molecule has 2 aliphatic heterocycles. The van der Waals surface area contributed by atoms with Gasteiger partial charge in [-0.2, -0.15) is 0 Å². The number of amides is 1. The molecule has 2 aromatic rings. The maximum atomic E-state index is 12.8. The summed E-state index contributed by atoms with van der Waals surface area (Å²) in [5, 5.41) is 4.56. The van der Waals surface area contributed by atoms with Gasteiger partial charge in [-0.3, -0.25) is 9.69 Å². The molecule has 3 fully saturated rings. The predicted molar refractivity (Wildman–Crippen MR) is 129 cm³/mol. The van der Waals surface area contributed by atoms with Crippen LogP contribution in [0.1, 0.15) is 54.6 Å². The van der Waals surface area contributed by atoms with Gasteiger partial charge in [0.1, 0.15) is 0 Å². The number of hydrogen-bond acceptors (Lipinski definition) is 2. The largest absolute Gasteiger partial charge is 0.348 e. The van der Waals surface area contributed by atoms with E-state index in [1.807, 2.05) is 43.3 Å². The van der Waals surface area contributed by atoms with Gasteiger partial charge in [-0.15, -0.1) is 0 Å². The van der Waals surface area contributed by atoms with Crippen LogP contribution in [-0.4, -0.2) is 35.5 Å². The molecule has 1 aliphatic carbocycles. The third kappa shape index (κ3) is 5.27. The van der Waals surface area contributed by atoms with Crippen LogP contribution in [0.3, 0.4) is 0 Å². The fourth-order valence-corrected chi connectivity index (χ4v) is 5.47. The van der Waals surface area contributed by atoms with Gasteiger partial charge in [0.2, 0.25) is 0 Å². The maximum Gasteiger partial charge on any atom is 0.251 e. The van der Waals surface area contributed by atoms with Crippen LogP contribution in [0.5, 0.6) is 0 Å². The summed E-state index contributed by atoms with van der Waals surface area (Å²) >= 11 is 12.3. The second-order valence-corrected chi connectivity index (χ2v) is 10.5. The van der Waals surface area contributed by atoms with Gasteiger partial charge in [-0.05, 0) is 74.3 Å². The first kappa shape index (κ1) is 22.6. The topological polar surface area (TPSA) is 32.3 Å². The van der Waals surface area contributed by atoms with Gasteiger partial charge in [-0.25, -0.2) is 0 Å². The molecule has 3 aliphatic rings. The quantitative estimate of drug-likeness (QED) is 0.539. The van der Waals surface area contributed by atoms with E-state index in [1.165, 1.54) is 30.4 Å². The Balaban J connectivity index is 1.33. The number of nitrogens with one attached hydrogen (secondary N) is 1. The van der Waals surface area contributed by atoms with Crippen LogP contribution in [0.2, 0.25) is 10.0 Å². The monoisotopic (exact) mass is 458 g/mol. The lowest BCUT2D eigenvalue weighted by Gasteiger charge is -2.56. The Kier molecular flexibility index (Phi) is 6.95. The summed E-state index contributed by atoms with van der Waals surface area (Å²) in [6.45, 7) is 7.37. The molecular weight excluding hydrogens is 427 g/mol. The van der Waals surface area contributed by atoms with Gasteiger partial charge in [0.15, 0.2) is 0 Å². The summed E-state index contributed by atoms with van der Waals surface area (Å²) in [7, 11) is 0. The Morgan fingerprint density at radius 3 is 2.32 bits per heavy atom. The molecule has 2 bridgehead atoms. The van der Waals surface area contributed by atoms with Gasteiger partial charge in [0.25, 0.3) is 5.91 Å². The molecule has 4 atom stereocenters. The van der Waals surface area contributed by atoms with Crippen LogP contribution in [0.4, 0.5) is 0 Å². The smallest absolute Gasteiger partial charge is 0.251 e. The summed E-state index contributed by atoms with van der Waals surface area (Å²) in [6, 6.07) is 15.2. The highest BCUT2D eigenvalue weighted by Crippen LogP contribution is 2.43. The zero-order chi connectivity index (χ0) is 22.1. The Labute approximate surface area is 196 Å². The first-order valence-corrected chi connectivity index (χ1v) is 12.1. The minimum Gasteiger partial charge on any atom is -0.348 e. The highest BCUT2D eigenvalue weighted by Gasteiger charge is 2.45. The van der Waals surface area contributed by atoms with E-state index < -0.39 is 0 Å². The lowest BCUT2D eigenvalue weighted by Crippen LogP contribution is -2.64. The van der Waals surface area contributed by atoms with Crippen molar-refractivity contribution < 1.29 is 4.79 Å². The first-order valence-electron chi connectivity index (χ1n) is 11.4. The number of benzene rings is 2. The average molecular weight is 459 g/mol. The Bertz CT molecular complexity index is 916. The van der Waals surface area contributed by atoms with Crippen LogP contribution in [0.25, 0.3) is 0 Å². The summed E-state index contributed by atoms with van der Waals surface area (Å²) < 4.78 is 0. The van der Waals surface area contributed by atoms with Gasteiger partial charge in [-0.1, -0.05) is 60.8 Å². The van der Waals surface area contributed by atoms with Crippen molar-refractivity contribution in [3.05, 3.63) is 69.2 Å². The molecule has 1 amide bonds. The molecule has 1 saturated carbocycles. The van der Waals surface area contributed by atoms with Crippen molar-refractivity contribution in [2.24, 2.45) is 11.8 Å². The lowest BCUT2D eigenvalue weighted by molar-refractivity contribution is -0.0590. The summed E-state index contributed by atoms with van der Waals surface area (Å²) in [4.78, 5) is 15.4. The van der Waals surface area contributed by atoms with Gasteiger partial charge < -0.3 is 5.32 Å². The first-order chi connectivity index (χ1) is 14.8. The van der Waals surface area contributed by atoms with E-state index in [4.69, 9.17) is 23.2 Å². The standard InChI is InChI=1S/C26H32Cl2N2O/c1-16(2)25(29-26(31)20-7-4-17(3)5-8-20)15-30-21-11-19(12-22(30)14-21)10-18-6-9-23(27)24(28)13-18/h4-9,13,16,19,21-22,25H,10-12,14-15H2,1-3H3,(H,29,31)/t19?,21-,22+,25?. The van der Waals surface area contributed by atoms with Crippen molar-refractivity contribution in [3.63, 3.8) is 0 Å². The van der Waals surface area contributed by atoms with E-state index in [0.29, 0.717) is 34.0 Å². The predicted octanol–water partition coefficient (Wildman–Crippen LogP) is 6.15. The molecule has 0 spiro atoms. The molecule has 2 heterocycles. The third-order valence-corrected chi connectivity index (χ3v) is 7.78. The molecule has 0 aromatic heterocycles. The van der Waals surface area contributed by atoms with Crippen LogP contribution in [0.15, 0.2) is 42.5 Å². The molecule has 2 unspecified atom stereocenters. The molecule has 3 nitrogen and oxygen atoms in total. The molecule has 2 saturated heterocycles. The van der Waals surface area contributed by atoms with E-state index in [9.17, 15) is 4.79 Å². The van der Waals surface area contributed by atoms with Gasteiger partial charge in [0.05, 0.1) is 10.0 Å². The van der Waals surface area contributed by atoms with Crippen molar-refractivity contribution >= 4 is 29.1 Å². The number of aryl methyl sites for hydroxylation is 1. The zero-order valence-corrected chi connectivity index (χ0v) is 20.1. The van der Waals surface area contributed by atoms with Crippen molar-refractivity contribution in [1.29, 1.82) is 0 Å². The second kappa shape index (κ2) is 9.52. The average Bonchev–Trinajstić information content (AvgIpc) is 2.73. The zero-order valence-electron chi connectivity index (χ0n) is 18.6. The van der Waals surface area contributed by atoms with E-state index in [-0.39, 0.29) is 11.9 Å². The van der Waals surface area contributed by atoms with E-state index in [0.717, 1.165) is 18.5 Å². The lowest BCUT2D eigenvalue weighted by atomic mass is 9.71. The Morgan fingerprint density at radius 1 is 1.03 bits per heavy atom. The second-order valence-electron chi connectivity index (χ2n) is 9.72. The highest BCUT2D eigenvalue weighted by molar-refractivity contribution is 6.42. The fourth-order valence-electron chi connectivity index (χ4n) is 5.15. The minimum atomic E-state index is 0.0295. The van der Waals surface area contributed by atoms with E-state index in [1.54, 1.807) is 0 Å². The molecule has 5 heteroatoms. The van der Waals surface area contributed by atoms with Crippen LogP contribution < -0.4 is 5.32 Å². The Morgan fingerprint density at radius 2 is 1.71 bits per heavy atom. The van der Waals surface area contributed by atoms with Crippen LogP contribution in [-0.2, 0) is 6.42 Å². The molecule has 31 heavy (non-hydrogen) atoms. The van der Waals surface area contributed by atoms with E-state index >= 15 is 0 Å². The van der Waals surface area contributed by atoms with Crippen LogP contribution in [0, 0.1) is 18.8 Å². The normalized spacial score (nSPS) is 24.0. The number of fused-ring (bicyclic) bond motifs is 2. The summed E-state index contributed by atoms with van der Waals surface area (Å²) in [6.07, 6.45) is 4.78. The van der Waals surface area contributed by atoms with Crippen molar-refractivity contribution in [2.45, 2.75) is 64.6 Å². The number of carbonyl (C=O) groups is 1. The molecular formula is C26H32Cl2N2O. The van der Waals surface area contributed by atoms with Crippen molar-refractivity contribution in [3.8, 4) is 0 Å². The number of carbonyl (C=O) groups excluding carboxylic acids is 1. The van der Waals surface area contributed by atoms with E-state index in [2.05, 4.69) is 30.1 Å². The number of piperidine rings is 1. The fraction of sp³-hybridized carbons (Fsp3) is 0.500. The minimum absolute atomic E-state index is 0.0295. The van der Waals surface area contributed by atoms with Gasteiger partial charge >= 0.3 is 0 Å². The molecule has 5 rings (SSSR count). The van der Waals surface area contributed by atoms with Crippen molar-refractivity contribution in [2.75, 3.05) is 6.54 Å². The highest BCUT2D eigenvalue weighted by atomic mass is 35.5. The molecule has 166 valence electrons. The number of hydrogen-bond donors (Lipinski definition) is 1. The number of rotatable bonds is 7. The van der Waals surface area contributed by atoms with Crippen molar-refractivity contribution in [1.82, 2.24) is 10.2 Å². The summed E-state index contributed by atoms with van der Waals surface area (Å²) in [5.74, 6) is 1.11. The molecule has 1 N–H and O–H groups in total. The molecule has 2 aromatic carbocycles. The third-order valence-electron chi connectivity index (χ3n) is 7.04. The van der Waals surface area contributed by atoms with Crippen LogP contribution >= 0.6 is 23.2 Å². The molecule has 0 radical (unpaired) electrons. The summed E-state index contributed by atoms with van der Waals surface area (Å²) in [5.41, 5.74) is 3.18. The van der Waals surface area contributed by atoms with Gasteiger partial charge in [0, 0.05) is 30.2 Å². The SMILES string of the molecule is Cc1ccc(C(=O)NC(CN2[C@@H]3CC(Cc4ccc(Cl)c(Cl)c4)C[C@H]2C3)C(C)C)cc1.